The van der Waals surface area contributed by atoms with Crippen molar-refractivity contribution < 1.29 is 10.0 Å². The molecule has 0 aliphatic heterocycles. The SMILES string of the molecule is O=[N+]([O-])c1ccc([O-])c(C=Nc2ccc3nccnc3c2)c1. The third kappa shape index (κ3) is 2.73. The molecule has 108 valence electrons. The van der Waals surface area contributed by atoms with E-state index in [1.54, 1.807) is 30.6 Å². The predicted molar refractivity (Wildman–Crippen MR) is 79.3 cm³/mol. The average molecular weight is 293 g/mol. The molecule has 2 aromatic carbocycles. The summed E-state index contributed by atoms with van der Waals surface area (Å²) >= 11 is 0. The number of aliphatic imine (C=N–C) groups is 1. The van der Waals surface area contributed by atoms with E-state index in [9.17, 15) is 15.2 Å². The molecule has 0 N–H and O–H groups in total. The Kier molecular flexibility index (Phi) is 3.45. The summed E-state index contributed by atoms with van der Waals surface area (Å²) in [6.07, 6.45) is 4.48. The van der Waals surface area contributed by atoms with Crippen LogP contribution in [0, 0.1) is 10.1 Å². The van der Waals surface area contributed by atoms with Crippen LogP contribution in [-0.2, 0) is 0 Å². The van der Waals surface area contributed by atoms with Crippen LogP contribution < -0.4 is 5.11 Å². The van der Waals surface area contributed by atoms with Gasteiger partial charge in [0.25, 0.3) is 5.69 Å². The van der Waals surface area contributed by atoms with Gasteiger partial charge in [-0.3, -0.25) is 25.1 Å². The monoisotopic (exact) mass is 293 g/mol. The summed E-state index contributed by atoms with van der Waals surface area (Å²) in [5, 5.41) is 22.4. The fourth-order valence-electron chi connectivity index (χ4n) is 1.93. The van der Waals surface area contributed by atoms with E-state index in [-0.39, 0.29) is 17.0 Å². The molecule has 0 spiro atoms. The highest BCUT2D eigenvalue weighted by atomic mass is 16.6. The number of rotatable bonds is 3. The van der Waals surface area contributed by atoms with Crippen molar-refractivity contribution in [1.82, 2.24) is 9.97 Å². The Bertz CT molecular complexity index is 893. The molecule has 0 aliphatic rings. The average Bonchev–Trinajstić information content (AvgIpc) is 2.53. The molecule has 7 heteroatoms. The van der Waals surface area contributed by atoms with Crippen LogP contribution in [0.5, 0.6) is 5.75 Å². The van der Waals surface area contributed by atoms with E-state index in [2.05, 4.69) is 15.0 Å². The molecule has 0 amide bonds. The zero-order chi connectivity index (χ0) is 15.5. The molecule has 22 heavy (non-hydrogen) atoms. The second kappa shape index (κ2) is 5.57. The maximum Gasteiger partial charge on any atom is 0.270 e. The number of nitro groups is 1. The minimum absolute atomic E-state index is 0.148. The van der Waals surface area contributed by atoms with Gasteiger partial charge >= 0.3 is 0 Å². The number of benzene rings is 2. The van der Waals surface area contributed by atoms with Gasteiger partial charge in [0.1, 0.15) is 0 Å². The summed E-state index contributed by atoms with van der Waals surface area (Å²) in [6, 6.07) is 8.75. The second-order valence-corrected chi connectivity index (χ2v) is 4.47. The number of aromatic nitrogens is 2. The van der Waals surface area contributed by atoms with Gasteiger partial charge in [0, 0.05) is 30.7 Å². The molecule has 7 nitrogen and oxygen atoms in total. The van der Waals surface area contributed by atoms with Crippen LogP contribution in [0.3, 0.4) is 0 Å². The molecule has 0 fully saturated rings. The lowest BCUT2D eigenvalue weighted by Gasteiger charge is -2.08. The van der Waals surface area contributed by atoms with Crippen molar-refractivity contribution in [3.8, 4) is 5.75 Å². The van der Waals surface area contributed by atoms with Gasteiger partial charge in [-0.05, 0) is 23.8 Å². The van der Waals surface area contributed by atoms with Gasteiger partial charge in [-0.15, -0.1) is 0 Å². The van der Waals surface area contributed by atoms with Gasteiger partial charge in [-0.2, -0.15) is 0 Å². The zero-order valence-electron chi connectivity index (χ0n) is 11.2. The molecule has 0 saturated heterocycles. The van der Waals surface area contributed by atoms with Gasteiger partial charge in [-0.25, -0.2) is 0 Å². The Morgan fingerprint density at radius 2 is 1.82 bits per heavy atom. The van der Waals surface area contributed by atoms with Crippen molar-refractivity contribution in [2.24, 2.45) is 4.99 Å². The smallest absolute Gasteiger partial charge is 0.270 e. The largest absolute Gasteiger partial charge is 0.872 e. The third-order valence-corrected chi connectivity index (χ3v) is 3.01. The van der Waals surface area contributed by atoms with E-state index in [1.807, 2.05) is 0 Å². The van der Waals surface area contributed by atoms with E-state index >= 15 is 0 Å². The number of hydrogen-bond donors (Lipinski definition) is 0. The van der Waals surface area contributed by atoms with Crippen molar-refractivity contribution in [2.75, 3.05) is 0 Å². The van der Waals surface area contributed by atoms with Crippen LogP contribution in [0.2, 0.25) is 0 Å². The van der Waals surface area contributed by atoms with Crippen LogP contribution in [0.1, 0.15) is 5.56 Å². The topological polar surface area (TPSA) is 104 Å². The van der Waals surface area contributed by atoms with Gasteiger partial charge < -0.3 is 5.11 Å². The molecule has 3 rings (SSSR count). The lowest BCUT2D eigenvalue weighted by atomic mass is 10.2. The van der Waals surface area contributed by atoms with Gasteiger partial charge in [0.15, 0.2) is 0 Å². The summed E-state index contributed by atoms with van der Waals surface area (Å²) in [5.74, 6) is -0.324. The second-order valence-electron chi connectivity index (χ2n) is 4.47. The molecule has 0 aliphatic carbocycles. The van der Waals surface area contributed by atoms with E-state index in [4.69, 9.17) is 0 Å². The summed E-state index contributed by atoms with van der Waals surface area (Å²) in [7, 11) is 0. The fourth-order valence-corrected chi connectivity index (χ4v) is 1.93. The Hall–Kier alpha value is -3.35. The summed E-state index contributed by atoms with van der Waals surface area (Å²) < 4.78 is 0. The number of nitrogens with zero attached hydrogens (tertiary/aromatic N) is 4. The van der Waals surface area contributed by atoms with Crippen LogP contribution >= 0.6 is 0 Å². The highest BCUT2D eigenvalue weighted by Gasteiger charge is 2.05. The molecule has 1 aromatic heterocycles. The molecule has 0 bridgehead atoms. The minimum Gasteiger partial charge on any atom is -0.872 e. The highest BCUT2D eigenvalue weighted by molar-refractivity contribution is 5.87. The maximum atomic E-state index is 11.7. The first kappa shape index (κ1) is 13.6. The lowest BCUT2D eigenvalue weighted by molar-refractivity contribution is -0.385. The number of non-ortho nitro benzene ring substituents is 1. The molecule has 0 unspecified atom stereocenters. The first-order valence-electron chi connectivity index (χ1n) is 6.34. The quantitative estimate of drug-likeness (QED) is 0.419. The highest BCUT2D eigenvalue weighted by Crippen LogP contribution is 2.21. The number of fused-ring (bicyclic) bond motifs is 1. The predicted octanol–water partition coefficient (Wildman–Crippen LogP) is 2.36. The zero-order valence-corrected chi connectivity index (χ0v) is 11.2. The lowest BCUT2D eigenvalue weighted by Crippen LogP contribution is -1.98. The van der Waals surface area contributed by atoms with Crippen LogP contribution in [0.4, 0.5) is 11.4 Å². The van der Waals surface area contributed by atoms with Crippen molar-refractivity contribution in [3.63, 3.8) is 0 Å². The van der Waals surface area contributed by atoms with Crippen molar-refractivity contribution >= 4 is 28.6 Å². The molecule has 0 saturated carbocycles. The van der Waals surface area contributed by atoms with Gasteiger partial charge in [0.05, 0.1) is 21.6 Å². The molecule has 0 atom stereocenters. The summed E-state index contributed by atoms with van der Waals surface area (Å²) in [5.41, 5.74) is 2.01. The molecule has 3 aromatic rings. The molecular weight excluding hydrogens is 284 g/mol. The van der Waals surface area contributed by atoms with E-state index in [1.165, 1.54) is 18.3 Å². The van der Waals surface area contributed by atoms with E-state index in [0.717, 1.165) is 11.6 Å². The molecular formula is C15H9N4O3-. The number of hydrogen-bond acceptors (Lipinski definition) is 6. The summed E-state index contributed by atoms with van der Waals surface area (Å²) in [6.45, 7) is 0. The van der Waals surface area contributed by atoms with Crippen molar-refractivity contribution in [1.29, 1.82) is 0 Å². The molecule has 1 heterocycles. The standard InChI is InChI=1S/C15H10N4O3/c20-15-4-2-12(19(21)22)7-10(15)9-18-11-1-3-13-14(8-11)17-6-5-16-13/h1-9,20H/p-1. The summed E-state index contributed by atoms with van der Waals surface area (Å²) in [4.78, 5) is 22.7. The Labute approximate surface area is 124 Å². The van der Waals surface area contributed by atoms with Crippen molar-refractivity contribution in [2.45, 2.75) is 0 Å². The van der Waals surface area contributed by atoms with E-state index in [0.29, 0.717) is 11.2 Å². The number of nitro benzene ring substituents is 1. The van der Waals surface area contributed by atoms with Crippen LogP contribution in [-0.4, -0.2) is 21.1 Å². The Morgan fingerprint density at radius 3 is 2.59 bits per heavy atom. The van der Waals surface area contributed by atoms with Gasteiger partial charge in [-0.1, -0.05) is 11.8 Å². The molecule has 0 radical (unpaired) electrons. The van der Waals surface area contributed by atoms with Gasteiger partial charge in [0.2, 0.25) is 0 Å². The maximum absolute atomic E-state index is 11.7. The Balaban J connectivity index is 1.95. The van der Waals surface area contributed by atoms with Crippen LogP contribution in [0.15, 0.2) is 53.8 Å². The fraction of sp³-hybridized carbons (Fsp3) is 0. The first-order chi connectivity index (χ1) is 10.6. The van der Waals surface area contributed by atoms with Crippen molar-refractivity contribution in [3.05, 3.63) is 64.5 Å². The first-order valence-corrected chi connectivity index (χ1v) is 6.34. The normalized spacial score (nSPS) is 11.1. The minimum atomic E-state index is -0.553. The third-order valence-electron chi connectivity index (χ3n) is 3.01. The Morgan fingerprint density at radius 1 is 1.05 bits per heavy atom. The van der Waals surface area contributed by atoms with Crippen LogP contribution in [0.25, 0.3) is 11.0 Å². The van der Waals surface area contributed by atoms with E-state index < -0.39 is 4.92 Å².